The molecule has 0 aliphatic carbocycles. The van der Waals surface area contributed by atoms with Gasteiger partial charge in [-0.2, -0.15) is 0 Å². The molecule has 7 nitrogen and oxygen atoms in total. The Hall–Kier alpha value is -2.30. The molecule has 28 heavy (non-hydrogen) atoms. The quantitative estimate of drug-likeness (QED) is 0.278. The van der Waals surface area contributed by atoms with Gasteiger partial charge in [0.1, 0.15) is 30.0 Å². The third kappa shape index (κ3) is 9.07. The molecule has 0 saturated carbocycles. The molecule has 1 aromatic heterocycles. The third-order valence-corrected chi connectivity index (χ3v) is 3.47. The van der Waals surface area contributed by atoms with Crippen LogP contribution in [0.3, 0.4) is 0 Å². The third-order valence-electron chi connectivity index (χ3n) is 3.47. The van der Waals surface area contributed by atoms with Crippen molar-refractivity contribution in [3.8, 4) is 5.75 Å². The largest absolute Gasteiger partial charge is 0.489 e. The van der Waals surface area contributed by atoms with E-state index in [9.17, 15) is 9.18 Å². The Morgan fingerprint density at radius 3 is 2.61 bits per heavy atom. The van der Waals surface area contributed by atoms with Crippen molar-refractivity contribution in [2.75, 3.05) is 19.6 Å². The molecule has 0 saturated heterocycles. The number of ether oxygens (including phenoxy) is 1. The number of aliphatic imine (C=N–C) groups is 1. The number of carbonyl (C=O) groups excluding carboxylic acids is 1. The lowest BCUT2D eigenvalue weighted by atomic mass is 10.3. The van der Waals surface area contributed by atoms with Gasteiger partial charge < -0.3 is 25.1 Å². The van der Waals surface area contributed by atoms with Crippen LogP contribution < -0.4 is 20.7 Å². The molecule has 9 heteroatoms. The number of guanidine groups is 1. The number of hydrogen-bond acceptors (Lipinski definition) is 4. The summed E-state index contributed by atoms with van der Waals surface area (Å²) in [5.74, 6) is 1.27. The number of furan rings is 1. The number of hydrogen-bond donors (Lipinski definition) is 3. The molecule has 0 fully saturated rings. The van der Waals surface area contributed by atoms with Crippen molar-refractivity contribution in [1.29, 1.82) is 0 Å². The standard InChI is InChI=1S/C19H25FN4O3.HI/c1-3-21-19(24-13-18(25)22-12-17-5-4-10-26-17)23-11-14(2)27-16-8-6-15(20)7-9-16;/h4-10,14H,3,11-13H2,1-2H3,(H,22,25)(H2,21,23,24);1H. The van der Waals surface area contributed by atoms with Gasteiger partial charge in [0.25, 0.3) is 0 Å². The molecule has 1 amide bonds. The number of nitrogens with one attached hydrogen (secondary N) is 3. The fraction of sp³-hybridized carbons (Fsp3) is 0.368. The van der Waals surface area contributed by atoms with Crippen LogP contribution in [0.4, 0.5) is 4.39 Å². The number of halogens is 2. The normalized spacial score (nSPS) is 11.9. The Morgan fingerprint density at radius 1 is 1.21 bits per heavy atom. The van der Waals surface area contributed by atoms with Gasteiger partial charge in [0.15, 0.2) is 5.96 Å². The summed E-state index contributed by atoms with van der Waals surface area (Å²) in [6.07, 6.45) is 1.38. The fourth-order valence-corrected chi connectivity index (χ4v) is 2.17. The minimum atomic E-state index is -0.306. The maximum atomic E-state index is 12.9. The number of amides is 1. The lowest BCUT2D eigenvalue weighted by molar-refractivity contribution is -0.119. The molecule has 0 aliphatic heterocycles. The molecule has 154 valence electrons. The van der Waals surface area contributed by atoms with Gasteiger partial charge in [0.05, 0.1) is 19.4 Å². The van der Waals surface area contributed by atoms with Crippen molar-refractivity contribution in [3.05, 3.63) is 54.2 Å². The first-order valence-electron chi connectivity index (χ1n) is 8.80. The summed E-state index contributed by atoms with van der Waals surface area (Å²) in [5.41, 5.74) is 0. The number of carbonyl (C=O) groups is 1. The number of nitrogens with zero attached hydrogens (tertiary/aromatic N) is 1. The fourth-order valence-electron chi connectivity index (χ4n) is 2.17. The van der Waals surface area contributed by atoms with Crippen molar-refractivity contribution in [1.82, 2.24) is 16.0 Å². The molecule has 2 rings (SSSR count). The summed E-state index contributed by atoms with van der Waals surface area (Å²) in [4.78, 5) is 16.1. The summed E-state index contributed by atoms with van der Waals surface area (Å²) in [7, 11) is 0. The second-order valence-electron chi connectivity index (χ2n) is 5.81. The van der Waals surface area contributed by atoms with Gasteiger partial charge in [0.2, 0.25) is 5.91 Å². The lowest BCUT2D eigenvalue weighted by Gasteiger charge is -2.17. The van der Waals surface area contributed by atoms with E-state index in [1.54, 1.807) is 30.5 Å². The summed E-state index contributed by atoms with van der Waals surface area (Å²) in [6, 6.07) is 9.41. The molecule has 1 atom stereocenters. The van der Waals surface area contributed by atoms with Gasteiger partial charge in [-0.25, -0.2) is 9.38 Å². The predicted octanol–water partition coefficient (Wildman–Crippen LogP) is 2.68. The Morgan fingerprint density at radius 2 is 1.96 bits per heavy atom. The van der Waals surface area contributed by atoms with Crippen molar-refractivity contribution in [2.24, 2.45) is 4.99 Å². The highest BCUT2D eigenvalue weighted by molar-refractivity contribution is 14.0. The van der Waals surface area contributed by atoms with Crippen molar-refractivity contribution >= 4 is 35.8 Å². The summed E-state index contributed by atoms with van der Waals surface area (Å²) in [5, 5.41) is 8.92. The zero-order valence-corrected chi connectivity index (χ0v) is 18.2. The summed E-state index contributed by atoms with van der Waals surface area (Å²) < 4.78 is 23.8. The number of benzene rings is 1. The van der Waals surface area contributed by atoms with E-state index in [2.05, 4.69) is 20.9 Å². The highest BCUT2D eigenvalue weighted by Crippen LogP contribution is 2.12. The van der Waals surface area contributed by atoms with Crippen molar-refractivity contribution in [3.63, 3.8) is 0 Å². The Labute approximate surface area is 181 Å². The van der Waals surface area contributed by atoms with Gasteiger partial charge in [0, 0.05) is 6.54 Å². The molecule has 0 bridgehead atoms. The van der Waals surface area contributed by atoms with Crippen LogP contribution in [0.15, 0.2) is 52.1 Å². The van der Waals surface area contributed by atoms with Crippen LogP contribution in [0.1, 0.15) is 19.6 Å². The Kier molecular flexibility index (Phi) is 11.0. The smallest absolute Gasteiger partial charge is 0.242 e. The first-order chi connectivity index (χ1) is 13.1. The minimum Gasteiger partial charge on any atom is -0.489 e. The average molecular weight is 504 g/mol. The van der Waals surface area contributed by atoms with E-state index in [4.69, 9.17) is 9.15 Å². The highest BCUT2D eigenvalue weighted by Gasteiger charge is 2.07. The van der Waals surface area contributed by atoms with Crippen molar-refractivity contribution < 1.29 is 18.3 Å². The second kappa shape index (κ2) is 13.0. The number of rotatable bonds is 9. The van der Waals surface area contributed by atoms with Crippen LogP contribution in [-0.4, -0.2) is 37.6 Å². The molecule has 0 radical (unpaired) electrons. The second-order valence-corrected chi connectivity index (χ2v) is 5.81. The monoisotopic (exact) mass is 504 g/mol. The zero-order valence-electron chi connectivity index (χ0n) is 15.9. The minimum absolute atomic E-state index is 0. The van der Waals surface area contributed by atoms with Crippen LogP contribution in [0.5, 0.6) is 5.75 Å². The molecular formula is C19H26FIN4O3. The van der Waals surface area contributed by atoms with Crippen LogP contribution in [0.25, 0.3) is 0 Å². The van der Waals surface area contributed by atoms with E-state index in [1.165, 1.54) is 12.1 Å². The Balaban J connectivity index is 0.00000392. The molecule has 2 aromatic rings. The van der Waals surface area contributed by atoms with E-state index in [-0.39, 0.29) is 48.3 Å². The van der Waals surface area contributed by atoms with Crippen molar-refractivity contribution in [2.45, 2.75) is 26.5 Å². The van der Waals surface area contributed by atoms with Gasteiger partial charge in [-0.3, -0.25) is 4.79 Å². The molecule has 0 spiro atoms. The van der Waals surface area contributed by atoms with E-state index >= 15 is 0 Å². The Bertz CT molecular complexity index is 723. The highest BCUT2D eigenvalue weighted by atomic mass is 127. The van der Waals surface area contributed by atoms with Gasteiger partial charge in [-0.1, -0.05) is 0 Å². The topological polar surface area (TPSA) is 87.9 Å². The lowest BCUT2D eigenvalue weighted by Crippen LogP contribution is -2.42. The van der Waals surface area contributed by atoms with Crippen LogP contribution in [0, 0.1) is 5.82 Å². The summed E-state index contributed by atoms with van der Waals surface area (Å²) >= 11 is 0. The zero-order chi connectivity index (χ0) is 19.5. The maximum Gasteiger partial charge on any atom is 0.242 e. The first kappa shape index (κ1) is 23.7. The van der Waals surface area contributed by atoms with Gasteiger partial charge in [-0.15, -0.1) is 24.0 Å². The van der Waals surface area contributed by atoms with E-state index in [1.807, 2.05) is 13.8 Å². The van der Waals surface area contributed by atoms with E-state index in [0.717, 1.165) is 0 Å². The molecule has 3 N–H and O–H groups in total. The molecule has 1 heterocycles. The molecule has 0 aliphatic rings. The first-order valence-corrected chi connectivity index (χ1v) is 8.80. The van der Waals surface area contributed by atoms with Gasteiger partial charge in [-0.05, 0) is 50.2 Å². The van der Waals surface area contributed by atoms with Crippen LogP contribution in [0.2, 0.25) is 0 Å². The maximum absolute atomic E-state index is 12.9. The van der Waals surface area contributed by atoms with Crippen LogP contribution >= 0.6 is 24.0 Å². The molecule has 1 aromatic carbocycles. The van der Waals surface area contributed by atoms with Crippen LogP contribution in [-0.2, 0) is 11.3 Å². The SMILES string of the molecule is CCNC(=NCC(=O)NCc1ccco1)NCC(C)Oc1ccc(F)cc1.I. The van der Waals surface area contributed by atoms with E-state index < -0.39 is 0 Å². The predicted molar refractivity (Wildman–Crippen MR) is 116 cm³/mol. The summed E-state index contributed by atoms with van der Waals surface area (Å²) in [6.45, 7) is 5.27. The average Bonchev–Trinajstić information content (AvgIpc) is 3.18. The molecular weight excluding hydrogens is 478 g/mol. The van der Waals surface area contributed by atoms with E-state index in [0.29, 0.717) is 37.1 Å². The van der Waals surface area contributed by atoms with Gasteiger partial charge >= 0.3 is 0 Å². The molecule has 1 unspecified atom stereocenters.